The molecule has 0 bridgehead atoms. The van der Waals surface area contributed by atoms with Gasteiger partial charge in [0, 0.05) is 34.5 Å². The van der Waals surface area contributed by atoms with E-state index in [1.165, 1.54) is 0 Å². The molecule has 4 nitrogen and oxygen atoms in total. The van der Waals surface area contributed by atoms with Gasteiger partial charge in [0.15, 0.2) is 0 Å². The van der Waals surface area contributed by atoms with E-state index in [-0.39, 0.29) is 34.5 Å². The molecule has 0 atom stereocenters. The van der Waals surface area contributed by atoms with Crippen LogP contribution in [-0.4, -0.2) is 41.5 Å². The molecular formula is C23H52O4Si2. The van der Waals surface area contributed by atoms with Crippen molar-refractivity contribution in [1.82, 2.24) is 0 Å². The van der Waals surface area contributed by atoms with Crippen LogP contribution in [0.3, 0.4) is 0 Å². The van der Waals surface area contributed by atoms with E-state index in [2.05, 4.69) is 96.9 Å². The van der Waals surface area contributed by atoms with Gasteiger partial charge in [0.2, 0.25) is 0 Å². The summed E-state index contributed by atoms with van der Waals surface area (Å²) >= 11 is 0. The van der Waals surface area contributed by atoms with Crippen LogP contribution in [0.25, 0.3) is 0 Å². The third-order valence-electron chi connectivity index (χ3n) is 5.00. The Morgan fingerprint density at radius 2 is 0.690 bits per heavy atom. The maximum absolute atomic E-state index is 6.63. The maximum Gasteiger partial charge on any atom is 0.344 e. The lowest BCUT2D eigenvalue weighted by molar-refractivity contribution is 0.0829. The molecule has 0 aliphatic heterocycles. The lowest BCUT2D eigenvalue weighted by Crippen LogP contribution is -2.55. The monoisotopic (exact) mass is 448 g/mol. The molecule has 0 aromatic heterocycles. The van der Waals surface area contributed by atoms with Gasteiger partial charge < -0.3 is 17.7 Å². The Hall–Kier alpha value is 0.274. The van der Waals surface area contributed by atoms with Crippen LogP contribution in [0.1, 0.15) is 103 Å². The van der Waals surface area contributed by atoms with Crippen LogP contribution in [0.5, 0.6) is 0 Å². The van der Waals surface area contributed by atoms with E-state index in [9.17, 15) is 0 Å². The average Bonchev–Trinajstić information content (AvgIpc) is 2.41. The smallest absolute Gasteiger partial charge is 0.344 e. The Labute approximate surface area is 184 Å². The Morgan fingerprint density at radius 3 is 0.828 bits per heavy atom. The average molecular weight is 449 g/mol. The van der Waals surface area contributed by atoms with Gasteiger partial charge in [-0.2, -0.15) is 0 Å². The van der Waals surface area contributed by atoms with E-state index in [1.54, 1.807) is 0 Å². The molecule has 0 aliphatic carbocycles. The van der Waals surface area contributed by atoms with Crippen LogP contribution in [0, 0.1) is 0 Å². The normalized spacial score (nSPS) is 14.7. The SMILES string of the molecule is CC(C)O[Si](CCC[Si](OC(C)C)(OC(C)C)C(C)(C)C)(OC(C)C)C(C)(C)C. The molecule has 0 saturated heterocycles. The molecular weight excluding hydrogens is 396 g/mol. The van der Waals surface area contributed by atoms with Crippen molar-refractivity contribution in [3.8, 4) is 0 Å². The molecule has 0 unspecified atom stereocenters. The molecule has 0 amide bonds. The van der Waals surface area contributed by atoms with Crippen molar-refractivity contribution >= 4 is 17.1 Å². The minimum absolute atomic E-state index is 0.00863. The third-order valence-corrected chi connectivity index (χ3v) is 15.0. The number of rotatable bonds is 12. The van der Waals surface area contributed by atoms with Crippen LogP contribution >= 0.6 is 0 Å². The summed E-state index contributed by atoms with van der Waals surface area (Å²) in [6.07, 6.45) is 1.63. The molecule has 0 radical (unpaired) electrons. The minimum Gasteiger partial charge on any atom is -0.391 e. The van der Waals surface area contributed by atoms with Gasteiger partial charge in [-0.05, 0) is 73.9 Å². The van der Waals surface area contributed by atoms with Gasteiger partial charge in [0.1, 0.15) is 0 Å². The van der Waals surface area contributed by atoms with Gasteiger partial charge in [-0.3, -0.25) is 0 Å². The lowest BCUT2D eigenvalue weighted by atomic mass is 10.2. The van der Waals surface area contributed by atoms with E-state index in [0.717, 1.165) is 18.5 Å². The fourth-order valence-electron chi connectivity index (χ4n) is 3.83. The molecule has 176 valence electrons. The fraction of sp³-hybridized carbons (Fsp3) is 1.00. The van der Waals surface area contributed by atoms with Crippen LogP contribution in [0.4, 0.5) is 0 Å². The Morgan fingerprint density at radius 1 is 0.483 bits per heavy atom. The van der Waals surface area contributed by atoms with Crippen LogP contribution < -0.4 is 0 Å². The van der Waals surface area contributed by atoms with Crippen LogP contribution in [0.15, 0.2) is 0 Å². The first-order chi connectivity index (χ1) is 12.9. The first-order valence-electron chi connectivity index (χ1n) is 11.6. The highest BCUT2D eigenvalue weighted by atomic mass is 28.4. The molecule has 0 aliphatic rings. The molecule has 0 rings (SSSR count). The second kappa shape index (κ2) is 11.2. The summed E-state index contributed by atoms with van der Waals surface area (Å²) in [6.45, 7) is 30.6. The van der Waals surface area contributed by atoms with E-state index in [4.69, 9.17) is 17.7 Å². The summed E-state index contributed by atoms with van der Waals surface area (Å²) in [5.74, 6) is 0. The molecule has 0 heterocycles. The molecule has 0 fully saturated rings. The van der Waals surface area contributed by atoms with Gasteiger partial charge in [0.05, 0.1) is 0 Å². The highest BCUT2D eigenvalue weighted by Gasteiger charge is 2.53. The van der Waals surface area contributed by atoms with E-state index in [1.807, 2.05) is 0 Å². The van der Waals surface area contributed by atoms with Gasteiger partial charge >= 0.3 is 17.1 Å². The van der Waals surface area contributed by atoms with Crippen molar-refractivity contribution in [2.45, 2.75) is 150 Å². The van der Waals surface area contributed by atoms with Gasteiger partial charge in [-0.15, -0.1) is 0 Å². The second-order valence-electron chi connectivity index (χ2n) is 11.5. The van der Waals surface area contributed by atoms with Crippen molar-refractivity contribution < 1.29 is 17.7 Å². The summed E-state index contributed by atoms with van der Waals surface area (Å²) in [5.41, 5.74) is 0. The van der Waals surface area contributed by atoms with Gasteiger partial charge in [-0.1, -0.05) is 41.5 Å². The van der Waals surface area contributed by atoms with Crippen LogP contribution in [-0.2, 0) is 17.7 Å². The van der Waals surface area contributed by atoms with Gasteiger partial charge in [0.25, 0.3) is 0 Å². The molecule has 0 N–H and O–H groups in total. The standard InChI is InChI=1S/C23H52O4Si2/c1-18(2)24-28(22(9,10)11,25-19(3)4)16-15-17-29(23(12,13)14,26-20(5)6)27-21(7)8/h18-21H,15-17H2,1-14H3. The topological polar surface area (TPSA) is 36.9 Å². The molecule has 6 heteroatoms. The zero-order chi connectivity index (χ0) is 23.3. The first kappa shape index (κ1) is 29.3. The molecule has 0 aromatic carbocycles. The summed E-state index contributed by atoms with van der Waals surface area (Å²) < 4.78 is 26.5. The Kier molecular flexibility index (Phi) is 11.3. The zero-order valence-corrected chi connectivity index (χ0v) is 24.1. The highest BCUT2D eigenvalue weighted by Crippen LogP contribution is 2.47. The quantitative estimate of drug-likeness (QED) is 0.289. The van der Waals surface area contributed by atoms with Crippen molar-refractivity contribution in [2.75, 3.05) is 0 Å². The Balaban J connectivity index is 5.83. The van der Waals surface area contributed by atoms with Gasteiger partial charge in [-0.25, -0.2) is 0 Å². The predicted molar refractivity (Wildman–Crippen MR) is 130 cm³/mol. The predicted octanol–water partition coefficient (Wildman–Crippen LogP) is 7.56. The summed E-state index contributed by atoms with van der Waals surface area (Å²) in [7, 11) is -4.90. The summed E-state index contributed by atoms with van der Waals surface area (Å²) in [4.78, 5) is 0. The first-order valence-corrected chi connectivity index (χ1v) is 15.6. The van der Waals surface area contributed by atoms with E-state index >= 15 is 0 Å². The Bertz CT molecular complexity index is 400. The highest BCUT2D eigenvalue weighted by molar-refractivity contribution is 6.72. The van der Waals surface area contributed by atoms with Crippen LogP contribution in [0.2, 0.25) is 22.2 Å². The summed E-state index contributed by atoms with van der Waals surface area (Å²) in [5, 5.41) is -0.0173. The van der Waals surface area contributed by atoms with Crippen molar-refractivity contribution in [1.29, 1.82) is 0 Å². The van der Waals surface area contributed by atoms with E-state index < -0.39 is 17.1 Å². The number of hydrogen-bond donors (Lipinski definition) is 0. The molecule has 0 saturated carbocycles. The third kappa shape index (κ3) is 9.12. The molecule has 0 aromatic rings. The second-order valence-corrected chi connectivity index (χ2v) is 19.5. The maximum atomic E-state index is 6.63. The molecule has 0 spiro atoms. The summed E-state index contributed by atoms with van der Waals surface area (Å²) in [6, 6.07) is 1.92. The molecule has 29 heavy (non-hydrogen) atoms. The van der Waals surface area contributed by atoms with E-state index in [0.29, 0.717) is 0 Å². The minimum atomic E-state index is -2.45. The zero-order valence-electron chi connectivity index (χ0n) is 22.1. The van der Waals surface area contributed by atoms with Crippen molar-refractivity contribution in [3.05, 3.63) is 0 Å². The van der Waals surface area contributed by atoms with Crippen molar-refractivity contribution in [2.24, 2.45) is 0 Å². The fourth-order valence-corrected chi connectivity index (χ4v) is 12.0. The van der Waals surface area contributed by atoms with Crippen molar-refractivity contribution in [3.63, 3.8) is 0 Å². The lowest BCUT2D eigenvalue weighted by Gasteiger charge is -2.46. The largest absolute Gasteiger partial charge is 0.391 e. The number of hydrogen-bond acceptors (Lipinski definition) is 4.